The first-order valence-electron chi connectivity index (χ1n) is 6.87. The van der Waals surface area contributed by atoms with E-state index in [0.717, 1.165) is 24.5 Å². The maximum Gasteiger partial charge on any atom is 0.128 e. The second-order valence-corrected chi connectivity index (χ2v) is 5.12. The number of amidine groups is 1. The van der Waals surface area contributed by atoms with E-state index in [-0.39, 0.29) is 5.84 Å². The van der Waals surface area contributed by atoms with Crippen molar-refractivity contribution in [1.29, 1.82) is 5.41 Å². The molecule has 1 unspecified atom stereocenters. The highest BCUT2D eigenvalue weighted by Gasteiger charge is 2.24. The molecule has 1 fully saturated rings. The van der Waals surface area contributed by atoms with Crippen molar-refractivity contribution < 1.29 is 0 Å². The third-order valence-electron chi connectivity index (χ3n) is 3.84. The number of nitrogen functional groups attached to an aromatic ring is 1. The Morgan fingerprint density at radius 1 is 1.63 bits per heavy atom. The van der Waals surface area contributed by atoms with E-state index >= 15 is 0 Å². The molecule has 1 aliphatic rings. The molecule has 1 aromatic heterocycles. The Morgan fingerprint density at radius 3 is 3.11 bits per heavy atom. The highest BCUT2D eigenvalue weighted by atomic mass is 15.2. The molecule has 1 atom stereocenters. The fourth-order valence-electron chi connectivity index (χ4n) is 2.72. The Balaban J connectivity index is 2.05. The summed E-state index contributed by atoms with van der Waals surface area (Å²) in [6, 6.07) is 4.26. The number of nitrogens with zero attached hydrogens (tertiary/aromatic N) is 3. The maximum absolute atomic E-state index is 7.48. The quantitative estimate of drug-likeness (QED) is 0.619. The number of nitrogens with one attached hydrogen (secondary N) is 1. The fraction of sp³-hybridized carbons (Fsp3) is 0.571. The van der Waals surface area contributed by atoms with Crippen LogP contribution < -0.4 is 10.6 Å². The summed E-state index contributed by atoms with van der Waals surface area (Å²) in [5, 5.41) is 7.48. The number of rotatable bonds is 5. The number of pyridine rings is 1. The first kappa shape index (κ1) is 13.8. The molecule has 0 aliphatic carbocycles. The molecule has 19 heavy (non-hydrogen) atoms. The van der Waals surface area contributed by atoms with Crippen molar-refractivity contribution in [1.82, 2.24) is 9.88 Å². The first-order valence-corrected chi connectivity index (χ1v) is 6.87. The van der Waals surface area contributed by atoms with Crippen LogP contribution in [0.15, 0.2) is 18.3 Å². The van der Waals surface area contributed by atoms with Gasteiger partial charge in [-0.3, -0.25) is 10.3 Å². The Hall–Kier alpha value is -1.62. The summed E-state index contributed by atoms with van der Waals surface area (Å²) in [7, 11) is 2.05. The van der Waals surface area contributed by atoms with Gasteiger partial charge in [0.1, 0.15) is 11.7 Å². The number of hydrogen-bond acceptors (Lipinski definition) is 4. The third kappa shape index (κ3) is 3.23. The average molecular weight is 261 g/mol. The van der Waals surface area contributed by atoms with Gasteiger partial charge in [0, 0.05) is 31.4 Å². The van der Waals surface area contributed by atoms with E-state index < -0.39 is 0 Å². The summed E-state index contributed by atoms with van der Waals surface area (Å²) in [6.07, 6.45) is 4.26. The lowest BCUT2D eigenvalue weighted by Gasteiger charge is -2.28. The molecule has 5 nitrogen and oxygen atoms in total. The molecule has 0 aromatic carbocycles. The van der Waals surface area contributed by atoms with Crippen LogP contribution in [-0.2, 0) is 0 Å². The highest BCUT2D eigenvalue weighted by molar-refractivity contribution is 5.95. The van der Waals surface area contributed by atoms with Crippen LogP contribution in [0.5, 0.6) is 0 Å². The molecule has 1 aliphatic heterocycles. The van der Waals surface area contributed by atoms with Crippen LogP contribution in [0.1, 0.15) is 25.3 Å². The second-order valence-electron chi connectivity index (χ2n) is 5.12. The number of hydrogen-bond donors (Lipinski definition) is 2. The minimum absolute atomic E-state index is 0.0908. The topological polar surface area (TPSA) is 69.2 Å². The molecule has 1 saturated heterocycles. The Labute approximate surface area is 114 Å². The summed E-state index contributed by atoms with van der Waals surface area (Å²) in [6.45, 7) is 5.50. The molecule has 104 valence electrons. The summed E-state index contributed by atoms with van der Waals surface area (Å²) in [5.74, 6) is 0.976. The monoisotopic (exact) mass is 261 g/mol. The number of likely N-dealkylation sites (tertiary alicyclic amines) is 1. The van der Waals surface area contributed by atoms with Gasteiger partial charge in [0.2, 0.25) is 0 Å². The molecule has 0 saturated carbocycles. The zero-order valence-corrected chi connectivity index (χ0v) is 11.8. The zero-order valence-electron chi connectivity index (χ0n) is 11.8. The average Bonchev–Trinajstić information content (AvgIpc) is 2.86. The van der Waals surface area contributed by atoms with Gasteiger partial charge in [0.05, 0.1) is 0 Å². The van der Waals surface area contributed by atoms with E-state index in [9.17, 15) is 0 Å². The van der Waals surface area contributed by atoms with E-state index in [1.54, 1.807) is 12.3 Å². The fourth-order valence-corrected chi connectivity index (χ4v) is 2.72. The molecule has 0 radical (unpaired) electrons. The van der Waals surface area contributed by atoms with Gasteiger partial charge < -0.3 is 10.6 Å². The molecular formula is C14H23N5. The Morgan fingerprint density at radius 2 is 2.42 bits per heavy atom. The Kier molecular flexibility index (Phi) is 4.37. The number of likely N-dealkylation sites (N-methyl/N-ethyl adjacent to an activating group) is 2. The minimum Gasteiger partial charge on any atom is -0.384 e. The van der Waals surface area contributed by atoms with Crippen molar-refractivity contribution in [2.75, 3.05) is 31.6 Å². The standard InChI is InChI=1S/C14H23N5/c1-3-19-8-4-5-12(19)10-18(2)13-9-11(14(15)16)6-7-17-13/h6-7,9,12H,3-5,8,10H2,1-2H3,(H3,15,16). The van der Waals surface area contributed by atoms with Gasteiger partial charge in [0.25, 0.3) is 0 Å². The van der Waals surface area contributed by atoms with Crippen molar-refractivity contribution in [3.8, 4) is 0 Å². The molecule has 0 amide bonds. The van der Waals surface area contributed by atoms with Gasteiger partial charge in [-0.2, -0.15) is 0 Å². The van der Waals surface area contributed by atoms with E-state index in [4.69, 9.17) is 11.1 Å². The van der Waals surface area contributed by atoms with E-state index in [0.29, 0.717) is 6.04 Å². The van der Waals surface area contributed by atoms with Crippen molar-refractivity contribution in [3.63, 3.8) is 0 Å². The van der Waals surface area contributed by atoms with Crippen LogP contribution in [-0.4, -0.2) is 48.4 Å². The lowest BCUT2D eigenvalue weighted by Crippen LogP contribution is -2.39. The SMILES string of the molecule is CCN1CCCC1CN(C)c1cc(C(=N)N)ccn1. The predicted molar refractivity (Wildman–Crippen MR) is 78.8 cm³/mol. The molecule has 0 spiro atoms. The summed E-state index contributed by atoms with van der Waals surface area (Å²) in [4.78, 5) is 9.05. The van der Waals surface area contributed by atoms with Gasteiger partial charge in [0.15, 0.2) is 0 Å². The molecule has 5 heteroatoms. The number of nitrogens with two attached hydrogens (primary N) is 1. The Bertz CT molecular complexity index is 445. The first-order chi connectivity index (χ1) is 9.11. The van der Waals surface area contributed by atoms with Crippen LogP contribution in [0.3, 0.4) is 0 Å². The van der Waals surface area contributed by atoms with Gasteiger partial charge in [-0.25, -0.2) is 4.98 Å². The summed E-state index contributed by atoms with van der Waals surface area (Å²) in [5.41, 5.74) is 6.25. The molecule has 3 N–H and O–H groups in total. The van der Waals surface area contributed by atoms with Crippen molar-refractivity contribution in [2.45, 2.75) is 25.8 Å². The van der Waals surface area contributed by atoms with Crippen molar-refractivity contribution in [3.05, 3.63) is 23.9 Å². The van der Waals surface area contributed by atoms with Gasteiger partial charge in [-0.05, 0) is 38.1 Å². The second kappa shape index (κ2) is 6.02. The largest absolute Gasteiger partial charge is 0.384 e. The summed E-state index contributed by atoms with van der Waals surface area (Å²) < 4.78 is 0. The molecular weight excluding hydrogens is 238 g/mol. The smallest absolute Gasteiger partial charge is 0.128 e. The molecule has 2 heterocycles. The zero-order chi connectivity index (χ0) is 13.8. The van der Waals surface area contributed by atoms with Crippen LogP contribution >= 0.6 is 0 Å². The van der Waals surface area contributed by atoms with E-state index in [1.807, 2.05) is 6.07 Å². The number of anilines is 1. The predicted octanol–water partition coefficient (Wildman–Crippen LogP) is 1.29. The van der Waals surface area contributed by atoms with Crippen LogP contribution in [0.2, 0.25) is 0 Å². The molecule has 2 rings (SSSR count). The number of aromatic nitrogens is 1. The van der Waals surface area contributed by atoms with Crippen LogP contribution in [0.4, 0.5) is 5.82 Å². The van der Waals surface area contributed by atoms with E-state index in [2.05, 4.69) is 28.8 Å². The van der Waals surface area contributed by atoms with Gasteiger partial charge >= 0.3 is 0 Å². The van der Waals surface area contributed by atoms with Gasteiger partial charge in [-0.15, -0.1) is 0 Å². The van der Waals surface area contributed by atoms with Crippen LogP contribution in [0, 0.1) is 5.41 Å². The normalized spacial score (nSPS) is 19.6. The van der Waals surface area contributed by atoms with Crippen LogP contribution in [0.25, 0.3) is 0 Å². The lowest BCUT2D eigenvalue weighted by molar-refractivity contribution is 0.270. The lowest BCUT2D eigenvalue weighted by atomic mass is 10.2. The summed E-state index contributed by atoms with van der Waals surface area (Å²) >= 11 is 0. The third-order valence-corrected chi connectivity index (χ3v) is 3.84. The van der Waals surface area contributed by atoms with E-state index in [1.165, 1.54) is 19.4 Å². The maximum atomic E-state index is 7.48. The van der Waals surface area contributed by atoms with Crippen molar-refractivity contribution in [2.24, 2.45) is 5.73 Å². The minimum atomic E-state index is 0.0908. The van der Waals surface area contributed by atoms with Gasteiger partial charge in [-0.1, -0.05) is 6.92 Å². The molecule has 0 bridgehead atoms. The highest BCUT2D eigenvalue weighted by Crippen LogP contribution is 2.19. The van der Waals surface area contributed by atoms with Crippen molar-refractivity contribution >= 4 is 11.7 Å². The molecule has 1 aromatic rings.